The summed E-state index contributed by atoms with van der Waals surface area (Å²) in [7, 11) is 0. The summed E-state index contributed by atoms with van der Waals surface area (Å²) >= 11 is 4.89. The Balaban J connectivity index is 1.85. The van der Waals surface area contributed by atoms with E-state index < -0.39 is 0 Å². The molecule has 2 heterocycles. The number of halogens is 1. The molecule has 1 aliphatic heterocycles. The van der Waals surface area contributed by atoms with Gasteiger partial charge in [-0.1, -0.05) is 6.92 Å². The molecule has 0 bridgehead atoms. The van der Waals surface area contributed by atoms with Crippen molar-refractivity contribution in [1.82, 2.24) is 10.2 Å². The second-order valence-electron chi connectivity index (χ2n) is 5.00. The van der Waals surface area contributed by atoms with Crippen LogP contribution in [-0.2, 0) is 4.79 Å². The SMILES string of the molecule is CCCNC(=O)C1CCN(C(=O)c2csc(Br)c2)CC1. The van der Waals surface area contributed by atoms with Crippen LogP contribution in [0, 0.1) is 5.92 Å². The summed E-state index contributed by atoms with van der Waals surface area (Å²) in [6.07, 6.45) is 2.47. The number of carbonyl (C=O) groups is 2. The second kappa shape index (κ2) is 7.22. The van der Waals surface area contributed by atoms with E-state index in [1.165, 1.54) is 11.3 Å². The summed E-state index contributed by atoms with van der Waals surface area (Å²) in [5.74, 6) is 0.261. The van der Waals surface area contributed by atoms with Crippen LogP contribution >= 0.6 is 27.3 Å². The van der Waals surface area contributed by atoms with Crippen molar-refractivity contribution in [2.75, 3.05) is 19.6 Å². The number of likely N-dealkylation sites (tertiary alicyclic amines) is 1. The summed E-state index contributed by atoms with van der Waals surface area (Å²) in [6.45, 7) is 4.11. The van der Waals surface area contributed by atoms with Crippen LogP contribution in [0.4, 0.5) is 0 Å². The van der Waals surface area contributed by atoms with Crippen molar-refractivity contribution < 1.29 is 9.59 Å². The summed E-state index contributed by atoms with van der Waals surface area (Å²) < 4.78 is 0.967. The van der Waals surface area contributed by atoms with E-state index >= 15 is 0 Å². The number of nitrogens with one attached hydrogen (secondary N) is 1. The van der Waals surface area contributed by atoms with Crippen LogP contribution in [-0.4, -0.2) is 36.3 Å². The zero-order chi connectivity index (χ0) is 14.5. The first kappa shape index (κ1) is 15.5. The van der Waals surface area contributed by atoms with Crippen molar-refractivity contribution in [3.8, 4) is 0 Å². The number of rotatable bonds is 4. The Morgan fingerprint density at radius 3 is 2.70 bits per heavy atom. The molecule has 0 radical (unpaired) electrons. The van der Waals surface area contributed by atoms with Crippen LogP contribution < -0.4 is 5.32 Å². The lowest BCUT2D eigenvalue weighted by atomic mass is 9.95. The summed E-state index contributed by atoms with van der Waals surface area (Å²) in [5, 5.41) is 4.80. The predicted molar refractivity (Wildman–Crippen MR) is 83.9 cm³/mol. The Morgan fingerprint density at radius 1 is 1.45 bits per heavy atom. The van der Waals surface area contributed by atoms with E-state index in [0.29, 0.717) is 13.1 Å². The van der Waals surface area contributed by atoms with Crippen molar-refractivity contribution in [2.45, 2.75) is 26.2 Å². The lowest BCUT2D eigenvalue weighted by molar-refractivity contribution is -0.126. The van der Waals surface area contributed by atoms with Crippen molar-refractivity contribution in [3.05, 3.63) is 20.8 Å². The number of thiophene rings is 1. The van der Waals surface area contributed by atoms with E-state index in [1.54, 1.807) is 0 Å². The summed E-state index contributed by atoms with van der Waals surface area (Å²) in [6, 6.07) is 1.85. The Kier molecular flexibility index (Phi) is 5.60. The molecular formula is C14H19BrN2O2S. The largest absolute Gasteiger partial charge is 0.356 e. The maximum absolute atomic E-state index is 12.3. The maximum atomic E-state index is 12.3. The standard InChI is InChI=1S/C14H19BrN2O2S/c1-2-5-16-13(18)10-3-6-17(7-4-10)14(19)11-8-12(15)20-9-11/h8-10H,2-7H2,1H3,(H,16,18). The van der Waals surface area contributed by atoms with Crippen LogP contribution in [0.15, 0.2) is 15.2 Å². The van der Waals surface area contributed by atoms with Crippen LogP contribution in [0.1, 0.15) is 36.5 Å². The summed E-state index contributed by atoms with van der Waals surface area (Å²) in [4.78, 5) is 26.0. The minimum absolute atomic E-state index is 0.0554. The molecule has 0 atom stereocenters. The highest BCUT2D eigenvalue weighted by molar-refractivity contribution is 9.11. The van der Waals surface area contributed by atoms with Gasteiger partial charge in [0.05, 0.1) is 9.35 Å². The third-order valence-corrected chi connectivity index (χ3v) is 5.02. The molecule has 1 N–H and O–H groups in total. The van der Waals surface area contributed by atoms with E-state index in [-0.39, 0.29) is 17.7 Å². The first-order valence-corrected chi connectivity index (χ1v) is 8.60. The third-order valence-electron chi connectivity index (χ3n) is 3.52. The molecule has 6 heteroatoms. The average molecular weight is 359 g/mol. The first-order chi connectivity index (χ1) is 9.61. The molecule has 20 heavy (non-hydrogen) atoms. The molecule has 0 spiro atoms. The Labute approximate surface area is 131 Å². The van der Waals surface area contributed by atoms with Gasteiger partial charge in [0.25, 0.3) is 5.91 Å². The molecule has 0 aliphatic carbocycles. The summed E-state index contributed by atoms with van der Waals surface area (Å²) in [5.41, 5.74) is 0.732. The highest BCUT2D eigenvalue weighted by Crippen LogP contribution is 2.24. The van der Waals surface area contributed by atoms with Crippen molar-refractivity contribution >= 4 is 39.1 Å². The number of piperidine rings is 1. The van der Waals surface area contributed by atoms with Gasteiger partial charge in [-0.25, -0.2) is 0 Å². The quantitative estimate of drug-likeness (QED) is 0.899. The number of hydrogen-bond donors (Lipinski definition) is 1. The first-order valence-electron chi connectivity index (χ1n) is 6.92. The highest BCUT2D eigenvalue weighted by Gasteiger charge is 2.27. The zero-order valence-corrected chi connectivity index (χ0v) is 13.9. The minimum Gasteiger partial charge on any atom is -0.356 e. The molecule has 0 unspecified atom stereocenters. The average Bonchev–Trinajstić information content (AvgIpc) is 2.90. The third kappa shape index (κ3) is 3.82. The van der Waals surface area contributed by atoms with Gasteiger partial charge in [0.2, 0.25) is 5.91 Å². The maximum Gasteiger partial charge on any atom is 0.254 e. The zero-order valence-electron chi connectivity index (χ0n) is 11.5. The number of carbonyl (C=O) groups excluding carboxylic acids is 2. The van der Waals surface area contributed by atoms with E-state index in [1.807, 2.05) is 23.3 Å². The van der Waals surface area contributed by atoms with Crippen molar-refractivity contribution in [3.63, 3.8) is 0 Å². The lowest BCUT2D eigenvalue weighted by Gasteiger charge is -2.31. The van der Waals surface area contributed by atoms with Gasteiger partial charge >= 0.3 is 0 Å². The van der Waals surface area contributed by atoms with Gasteiger partial charge in [-0.2, -0.15) is 0 Å². The smallest absolute Gasteiger partial charge is 0.254 e. The molecule has 2 rings (SSSR count). The van der Waals surface area contributed by atoms with E-state index in [9.17, 15) is 9.59 Å². The number of nitrogens with zero attached hydrogens (tertiary/aromatic N) is 1. The van der Waals surface area contributed by atoms with Crippen LogP contribution in [0.5, 0.6) is 0 Å². The molecule has 1 aromatic rings. The van der Waals surface area contributed by atoms with E-state index in [4.69, 9.17) is 0 Å². The Morgan fingerprint density at radius 2 is 2.15 bits per heavy atom. The molecular weight excluding hydrogens is 340 g/mol. The molecule has 0 aromatic carbocycles. The van der Waals surface area contributed by atoms with Crippen LogP contribution in [0.25, 0.3) is 0 Å². The predicted octanol–water partition coefficient (Wildman–Crippen LogP) is 2.89. The van der Waals surface area contributed by atoms with Crippen molar-refractivity contribution in [1.29, 1.82) is 0 Å². The molecule has 1 aromatic heterocycles. The lowest BCUT2D eigenvalue weighted by Crippen LogP contribution is -2.43. The Bertz CT molecular complexity index is 481. The topological polar surface area (TPSA) is 49.4 Å². The van der Waals surface area contributed by atoms with Gasteiger partial charge in [0, 0.05) is 30.9 Å². The van der Waals surface area contributed by atoms with Gasteiger partial charge in [-0.3, -0.25) is 9.59 Å². The molecule has 4 nitrogen and oxygen atoms in total. The van der Waals surface area contributed by atoms with Gasteiger partial charge in [-0.05, 0) is 41.3 Å². The molecule has 1 aliphatic rings. The minimum atomic E-state index is 0.0554. The molecule has 1 saturated heterocycles. The van der Waals surface area contributed by atoms with Gasteiger partial charge in [-0.15, -0.1) is 11.3 Å². The molecule has 110 valence electrons. The fourth-order valence-corrected chi connectivity index (χ4v) is 3.47. The normalized spacial score (nSPS) is 16.2. The number of amides is 2. The fourth-order valence-electron chi connectivity index (χ4n) is 2.34. The number of hydrogen-bond acceptors (Lipinski definition) is 3. The molecule has 0 saturated carbocycles. The monoisotopic (exact) mass is 358 g/mol. The molecule has 1 fully saturated rings. The van der Waals surface area contributed by atoms with E-state index in [2.05, 4.69) is 21.2 Å². The van der Waals surface area contributed by atoms with Gasteiger partial charge in [0.15, 0.2) is 0 Å². The van der Waals surface area contributed by atoms with Crippen molar-refractivity contribution in [2.24, 2.45) is 5.92 Å². The van der Waals surface area contributed by atoms with Gasteiger partial charge in [0.1, 0.15) is 0 Å². The highest BCUT2D eigenvalue weighted by atomic mass is 79.9. The van der Waals surface area contributed by atoms with E-state index in [0.717, 1.165) is 35.2 Å². The Hall–Kier alpha value is -0.880. The molecule has 2 amide bonds. The fraction of sp³-hybridized carbons (Fsp3) is 0.571. The van der Waals surface area contributed by atoms with Crippen LogP contribution in [0.2, 0.25) is 0 Å². The van der Waals surface area contributed by atoms with Gasteiger partial charge < -0.3 is 10.2 Å². The second-order valence-corrected chi connectivity index (χ2v) is 7.29. The van der Waals surface area contributed by atoms with Crippen LogP contribution in [0.3, 0.4) is 0 Å².